The van der Waals surface area contributed by atoms with Gasteiger partial charge in [-0.3, -0.25) is 14.6 Å². The molecule has 7 nitrogen and oxygen atoms in total. The fourth-order valence-electron chi connectivity index (χ4n) is 4.87. The molecule has 1 aliphatic carbocycles. The highest BCUT2D eigenvalue weighted by molar-refractivity contribution is 6.37. The number of phenols is 1. The van der Waals surface area contributed by atoms with Crippen LogP contribution in [0.1, 0.15) is 49.4 Å². The molecule has 1 heterocycles. The predicted octanol–water partition coefficient (Wildman–Crippen LogP) is 5.91. The lowest BCUT2D eigenvalue weighted by Crippen LogP contribution is -2.54. The van der Waals surface area contributed by atoms with Gasteiger partial charge in [-0.15, -0.1) is 0 Å². The lowest BCUT2D eigenvalue weighted by atomic mass is 9.80. The van der Waals surface area contributed by atoms with Crippen molar-refractivity contribution in [2.45, 2.75) is 44.6 Å². The van der Waals surface area contributed by atoms with Gasteiger partial charge in [0.2, 0.25) is 5.91 Å². The number of Topliss-reactive ketones (excluding diaryl/α,β-unsaturated/α-hetero) is 1. The van der Waals surface area contributed by atoms with Crippen molar-refractivity contribution in [1.29, 1.82) is 0 Å². The van der Waals surface area contributed by atoms with E-state index in [4.69, 9.17) is 23.2 Å². The first-order chi connectivity index (χ1) is 17.6. The van der Waals surface area contributed by atoms with Crippen molar-refractivity contribution >= 4 is 51.5 Å². The van der Waals surface area contributed by atoms with Crippen molar-refractivity contribution in [3.05, 3.63) is 52.1 Å². The van der Waals surface area contributed by atoms with E-state index in [9.17, 15) is 14.7 Å². The molecule has 4 rings (SSSR count). The second-order valence-electron chi connectivity index (χ2n) is 9.95. The number of pyridine rings is 1. The van der Waals surface area contributed by atoms with Gasteiger partial charge in [0.1, 0.15) is 5.54 Å². The average Bonchev–Trinajstić information content (AvgIpc) is 2.87. The van der Waals surface area contributed by atoms with Gasteiger partial charge in [-0.05, 0) is 69.3 Å². The molecular weight excluding hydrogens is 511 g/mol. The number of fused-ring (bicyclic) bond motifs is 1. The minimum atomic E-state index is -0.829. The Labute approximate surface area is 227 Å². The molecule has 1 fully saturated rings. The molecule has 3 N–H and O–H groups in total. The van der Waals surface area contributed by atoms with E-state index in [1.54, 1.807) is 18.3 Å². The number of aromatic hydroxyl groups is 1. The molecule has 1 aliphatic rings. The molecule has 0 saturated heterocycles. The summed E-state index contributed by atoms with van der Waals surface area (Å²) in [7, 11) is 3.93. The second-order valence-corrected chi connectivity index (χ2v) is 10.8. The van der Waals surface area contributed by atoms with Crippen LogP contribution in [0, 0.1) is 0 Å². The number of ketones is 1. The standard InChI is InChI=1S/C28H32Cl2N4O3/c1-17(35)21-16-32-24-8-7-18(19-14-22(29)26(36)23(30)15-19)13-20(24)25(21)33-28(9-5-4-6-10-28)27(37)31-11-12-34(2)3/h7-8,13-16,36H,4-6,9-12H2,1-3H3,(H,31,37)(H,32,33). The Hall–Kier alpha value is -2.87. The van der Waals surface area contributed by atoms with Crippen LogP contribution in [0.4, 0.5) is 5.69 Å². The number of carbonyl (C=O) groups is 2. The third kappa shape index (κ3) is 5.84. The van der Waals surface area contributed by atoms with E-state index in [0.717, 1.165) is 36.8 Å². The molecule has 37 heavy (non-hydrogen) atoms. The van der Waals surface area contributed by atoms with E-state index in [1.807, 2.05) is 37.2 Å². The molecule has 0 unspecified atom stereocenters. The number of aromatic nitrogens is 1. The molecular formula is C28H32Cl2N4O3. The summed E-state index contributed by atoms with van der Waals surface area (Å²) in [6.07, 6.45) is 5.82. The van der Waals surface area contributed by atoms with Crippen molar-refractivity contribution < 1.29 is 14.7 Å². The molecule has 0 aliphatic heterocycles. The Bertz CT molecular complexity index is 1310. The summed E-state index contributed by atoms with van der Waals surface area (Å²) in [6.45, 7) is 2.78. The van der Waals surface area contributed by atoms with Crippen molar-refractivity contribution in [2.24, 2.45) is 0 Å². The van der Waals surface area contributed by atoms with Gasteiger partial charge in [0.05, 0.1) is 26.8 Å². The van der Waals surface area contributed by atoms with Gasteiger partial charge in [0.25, 0.3) is 0 Å². The SMILES string of the molecule is CC(=O)c1cnc2ccc(-c3cc(Cl)c(O)c(Cl)c3)cc2c1NC1(C(=O)NCCN(C)C)CCCCC1. The third-order valence-electron chi connectivity index (χ3n) is 6.95. The fourth-order valence-corrected chi connectivity index (χ4v) is 5.36. The van der Waals surface area contributed by atoms with Gasteiger partial charge in [-0.25, -0.2) is 0 Å². The highest BCUT2D eigenvalue weighted by Gasteiger charge is 2.40. The summed E-state index contributed by atoms with van der Waals surface area (Å²) in [4.78, 5) is 32.8. The van der Waals surface area contributed by atoms with Gasteiger partial charge >= 0.3 is 0 Å². The van der Waals surface area contributed by atoms with E-state index < -0.39 is 5.54 Å². The van der Waals surface area contributed by atoms with E-state index in [2.05, 4.69) is 15.6 Å². The van der Waals surface area contributed by atoms with E-state index in [0.29, 0.717) is 41.7 Å². The Morgan fingerprint density at radius 1 is 1.05 bits per heavy atom. The van der Waals surface area contributed by atoms with Gasteiger partial charge in [-0.2, -0.15) is 0 Å². The summed E-state index contributed by atoms with van der Waals surface area (Å²) in [5.74, 6) is -0.367. The Morgan fingerprint density at radius 2 is 1.73 bits per heavy atom. The number of rotatable bonds is 8. The number of benzene rings is 2. The normalized spacial score (nSPS) is 15.1. The van der Waals surface area contributed by atoms with Crippen LogP contribution in [0.3, 0.4) is 0 Å². The maximum Gasteiger partial charge on any atom is 0.245 e. The first-order valence-corrected chi connectivity index (χ1v) is 13.2. The molecule has 1 amide bonds. The number of amides is 1. The monoisotopic (exact) mass is 542 g/mol. The highest BCUT2D eigenvalue weighted by atomic mass is 35.5. The summed E-state index contributed by atoms with van der Waals surface area (Å²) in [5, 5.41) is 17.7. The number of nitrogens with one attached hydrogen (secondary N) is 2. The number of likely N-dealkylation sites (N-methyl/N-ethyl adjacent to an activating group) is 1. The first kappa shape index (κ1) is 27.2. The molecule has 9 heteroatoms. The van der Waals surface area contributed by atoms with Crippen LogP contribution >= 0.6 is 23.2 Å². The van der Waals surface area contributed by atoms with E-state index >= 15 is 0 Å². The smallest absolute Gasteiger partial charge is 0.245 e. The van der Waals surface area contributed by atoms with Crippen LogP contribution in [0.5, 0.6) is 5.75 Å². The van der Waals surface area contributed by atoms with Crippen LogP contribution in [0.25, 0.3) is 22.0 Å². The minimum absolute atomic E-state index is 0.0539. The molecule has 1 saturated carbocycles. The number of halogens is 2. The Morgan fingerprint density at radius 3 is 2.35 bits per heavy atom. The third-order valence-corrected chi connectivity index (χ3v) is 7.52. The van der Waals surface area contributed by atoms with Crippen LogP contribution in [0.2, 0.25) is 10.0 Å². The topological polar surface area (TPSA) is 94.6 Å². The fraction of sp³-hybridized carbons (Fsp3) is 0.393. The number of carbonyl (C=O) groups excluding carboxylic acids is 2. The molecule has 0 atom stereocenters. The predicted molar refractivity (Wildman–Crippen MR) is 150 cm³/mol. The molecule has 2 aromatic carbocycles. The zero-order valence-corrected chi connectivity index (χ0v) is 22.8. The molecule has 0 spiro atoms. The average molecular weight is 543 g/mol. The van der Waals surface area contributed by atoms with Crippen LogP contribution in [0.15, 0.2) is 36.5 Å². The van der Waals surface area contributed by atoms with E-state index in [1.165, 1.54) is 6.92 Å². The lowest BCUT2D eigenvalue weighted by Gasteiger charge is -2.38. The first-order valence-electron chi connectivity index (χ1n) is 12.4. The second kappa shape index (κ2) is 11.3. The van der Waals surface area contributed by atoms with Gasteiger partial charge in [-0.1, -0.05) is 48.5 Å². The Kier molecular flexibility index (Phi) is 8.26. The number of nitrogens with zero attached hydrogens (tertiary/aromatic N) is 2. The minimum Gasteiger partial charge on any atom is -0.505 e. The summed E-state index contributed by atoms with van der Waals surface area (Å²) in [6, 6.07) is 8.94. The summed E-state index contributed by atoms with van der Waals surface area (Å²) in [5.41, 5.74) is 2.38. The number of hydrogen-bond acceptors (Lipinski definition) is 6. The largest absolute Gasteiger partial charge is 0.505 e. The van der Waals surface area contributed by atoms with Crippen molar-refractivity contribution in [1.82, 2.24) is 15.2 Å². The van der Waals surface area contributed by atoms with Crippen molar-refractivity contribution in [3.63, 3.8) is 0 Å². The van der Waals surface area contributed by atoms with E-state index in [-0.39, 0.29) is 27.5 Å². The highest BCUT2D eigenvalue weighted by Crippen LogP contribution is 2.40. The van der Waals surface area contributed by atoms with Gasteiger partial charge in [0.15, 0.2) is 11.5 Å². The van der Waals surface area contributed by atoms with Crippen LogP contribution in [-0.2, 0) is 4.79 Å². The molecule has 3 aromatic rings. The zero-order chi connectivity index (χ0) is 26.7. The molecule has 1 aromatic heterocycles. The van der Waals surface area contributed by atoms with Gasteiger partial charge in [0, 0.05) is 24.7 Å². The van der Waals surface area contributed by atoms with Crippen LogP contribution < -0.4 is 10.6 Å². The number of phenolic OH excluding ortho intramolecular Hbond substituents is 1. The lowest BCUT2D eigenvalue weighted by molar-refractivity contribution is -0.126. The maximum atomic E-state index is 13.6. The van der Waals surface area contributed by atoms with Gasteiger partial charge < -0.3 is 20.6 Å². The maximum absolute atomic E-state index is 13.6. The number of hydrogen-bond donors (Lipinski definition) is 3. The number of anilines is 1. The molecule has 0 bridgehead atoms. The van der Waals surface area contributed by atoms with Crippen molar-refractivity contribution in [2.75, 3.05) is 32.5 Å². The Balaban J connectivity index is 1.82. The quantitative estimate of drug-likeness (QED) is 0.306. The van der Waals surface area contributed by atoms with Crippen LogP contribution in [-0.4, -0.2) is 59.4 Å². The summed E-state index contributed by atoms with van der Waals surface area (Å²) >= 11 is 12.4. The zero-order valence-electron chi connectivity index (χ0n) is 21.3. The van der Waals surface area contributed by atoms with Crippen molar-refractivity contribution in [3.8, 4) is 16.9 Å². The molecule has 0 radical (unpaired) electrons. The summed E-state index contributed by atoms with van der Waals surface area (Å²) < 4.78 is 0. The molecule has 196 valence electrons.